The molecule has 0 atom stereocenters. The van der Waals surface area contributed by atoms with E-state index in [2.05, 4.69) is 20.6 Å². The maximum Gasteiger partial charge on any atom is 0.273 e. The lowest BCUT2D eigenvalue weighted by molar-refractivity contribution is 0.0945. The van der Waals surface area contributed by atoms with Gasteiger partial charge >= 0.3 is 0 Å². The van der Waals surface area contributed by atoms with E-state index >= 15 is 0 Å². The molecule has 0 unspecified atom stereocenters. The highest BCUT2D eigenvalue weighted by Crippen LogP contribution is 2.20. The lowest BCUT2D eigenvalue weighted by Gasteiger charge is -2.09. The minimum absolute atomic E-state index is 0.0147. The van der Waals surface area contributed by atoms with E-state index in [0.717, 1.165) is 18.2 Å². The van der Waals surface area contributed by atoms with Crippen molar-refractivity contribution in [3.8, 4) is 11.3 Å². The van der Waals surface area contributed by atoms with Crippen LogP contribution in [0.4, 0.5) is 14.6 Å². The van der Waals surface area contributed by atoms with E-state index in [1.807, 2.05) is 0 Å². The summed E-state index contributed by atoms with van der Waals surface area (Å²) in [5.41, 5.74) is 6.86. The molecule has 3 aromatic rings. The van der Waals surface area contributed by atoms with Gasteiger partial charge in [0.25, 0.3) is 11.8 Å². The number of halogens is 2. The Morgan fingerprint density at radius 3 is 2.66 bits per heavy atom. The molecule has 29 heavy (non-hydrogen) atoms. The summed E-state index contributed by atoms with van der Waals surface area (Å²) in [6, 6.07) is 9.46. The molecule has 7 nitrogen and oxygen atoms in total. The lowest BCUT2D eigenvalue weighted by Crippen LogP contribution is -2.23. The Kier molecular flexibility index (Phi) is 5.77. The Balaban J connectivity index is 1.81. The van der Waals surface area contributed by atoms with Gasteiger partial charge in [-0.25, -0.2) is 18.7 Å². The monoisotopic (exact) mass is 397 g/mol. The summed E-state index contributed by atoms with van der Waals surface area (Å²) in [6.07, 6.45) is 1.39. The van der Waals surface area contributed by atoms with Gasteiger partial charge in [-0.2, -0.15) is 0 Å². The Bertz CT molecular complexity index is 1090. The second kappa shape index (κ2) is 8.42. The number of amides is 2. The van der Waals surface area contributed by atoms with Gasteiger partial charge in [0.05, 0.1) is 11.9 Å². The summed E-state index contributed by atoms with van der Waals surface area (Å²) >= 11 is 0. The first kappa shape index (κ1) is 19.9. The number of hydrogen-bond donors (Lipinski definition) is 3. The SMILES string of the molecule is CNC(=O)c1nc(-c2cccc(C(=O)NCc3cc(F)ccc3F)c2)cnc1N. The predicted octanol–water partition coefficient (Wildman–Crippen LogP) is 2.29. The first-order chi connectivity index (χ1) is 13.9. The summed E-state index contributed by atoms with van der Waals surface area (Å²) < 4.78 is 26.9. The first-order valence-corrected chi connectivity index (χ1v) is 8.56. The quantitative estimate of drug-likeness (QED) is 0.612. The molecule has 2 amide bonds. The number of nitrogens with one attached hydrogen (secondary N) is 2. The highest BCUT2D eigenvalue weighted by molar-refractivity contribution is 5.97. The van der Waals surface area contributed by atoms with Gasteiger partial charge in [0.1, 0.15) is 11.6 Å². The van der Waals surface area contributed by atoms with E-state index < -0.39 is 23.4 Å². The van der Waals surface area contributed by atoms with E-state index in [0.29, 0.717) is 11.3 Å². The zero-order valence-electron chi connectivity index (χ0n) is 15.4. The second-order valence-electron chi connectivity index (χ2n) is 6.07. The molecule has 9 heteroatoms. The smallest absolute Gasteiger partial charge is 0.273 e. The van der Waals surface area contributed by atoms with Gasteiger partial charge < -0.3 is 16.4 Å². The number of anilines is 1. The molecule has 0 saturated carbocycles. The van der Waals surface area contributed by atoms with Gasteiger partial charge in [-0.1, -0.05) is 12.1 Å². The van der Waals surface area contributed by atoms with Crippen LogP contribution in [0.1, 0.15) is 26.4 Å². The van der Waals surface area contributed by atoms with E-state index in [1.165, 1.54) is 13.2 Å². The number of rotatable bonds is 5. The third-order valence-electron chi connectivity index (χ3n) is 4.11. The van der Waals surface area contributed by atoms with Crippen molar-refractivity contribution in [1.29, 1.82) is 0 Å². The van der Waals surface area contributed by atoms with Crippen molar-refractivity contribution in [3.63, 3.8) is 0 Å². The average Bonchev–Trinajstić information content (AvgIpc) is 2.74. The Morgan fingerprint density at radius 1 is 1.10 bits per heavy atom. The van der Waals surface area contributed by atoms with Crippen LogP contribution >= 0.6 is 0 Å². The van der Waals surface area contributed by atoms with Crippen LogP contribution < -0.4 is 16.4 Å². The maximum atomic E-state index is 13.7. The summed E-state index contributed by atoms with van der Waals surface area (Å²) in [7, 11) is 1.45. The minimum Gasteiger partial charge on any atom is -0.382 e. The second-order valence-corrected chi connectivity index (χ2v) is 6.07. The van der Waals surface area contributed by atoms with Crippen molar-refractivity contribution < 1.29 is 18.4 Å². The fourth-order valence-electron chi connectivity index (χ4n) is 2.60. The van der Waals surface area contributed by atoms with E-state index in [4.69, 9.17) is 5.73 Å². The average molecular weight is 397 g/mol. The van der Waals surface area contributed by atoms with Crippen molar-refractivity contribution in [2.45, 2.75) is 6.54 Å². The number of nitrogens with two attached hydrogens (primary N) is 1. The standard InChI is InChI=1S/C20H17F2N5O2/c1-24-20(29)17-18(23)25-10-16(27-17)11-3-2-4-12(7-11)19(28)26-9-13-8-14(21)5-6-15(13)22/h2-8,10H,9H2,1H3,(H2,23,25)(H,24,29)(H,26,28). The van der Waals surface area contributed by atoms with Crippen LogP contribution in [0.2, 0.25) is 0 Å². The largest absolute Gasteiger partial charge is 0.382 e. The molecule has 4 N–H and O–H groups in total. The molecule has 0 aliphatic carbocycles. The Labute approximate surface area is 165 Å². The van der Waals surface area contributed by atoms with Gasteiger partial charge in [0.15, 0.2) is 11.5 Å². The summed E-state index contributed by atoms with van der Waals surface area (Å²) in [4.78, 5) is 32.5. The number of hydrogen-bond acceptors (Lipinski definition) is 5. The lowest BCUT2D eigenvalue weighted by atomic mass is 10.1. The van der Waals surface area contributed by atoms with Crippen LogP contribution in [0.15, 0.2) is 48.7 Å². The van der Waals surface area contributed by atoms with Crippen molar-refractivity contribution in [2.75, 3.05) is 12.8 Å². The minimum atomic E-state index is -0.612. The van der Waals surface area contributed by atoms with Crippen molar-refractivity contribution >= 4 is 17.6 Å². The molecular weight excluding hydrogens is 380 g/mol. The Hall–Kier alpha value is -3.88. The number of nitrogen functional groups attached to an aromatic ring is 1. The molecule has 0 radical (unpaired) electrons. The summed E-state index contributed by atoms with van der Waals surface area (Å²) in [5.74, 6) is -2.18. The Morgan fingerprint density at radius 2 is 1.90 bits per heavy atom. The molecule has 1 heterocycles. The molecule has 1 aromatic heterocycles. The van der Waals surface area contributed by atoms with Gasteiger partial charge in [-0.3, -0.25) is 9.59 Å². The van der Waals surface area contributed by atoms with Gasteiger partial charge in [-0.05, 0) is 30.3 Å². The zero-order chi connectivity index (χ0) is 21.0. The van der Waals surface area contributed by atoms with Crippen LogP contribution in [0.3, 0.4) is 0 Å². The third kappa shape index (κ3) is 4.52. The van der Waals surface area contributed by atoms with Gasteiger partial charge in [-0.15, -0.1) is 0 Å². The molecular formula is C20H17F2N5O2. The number of nitrogens with zero attached hydrogens (tertiary/aromatic N) is 2. The number of carbonyl (C=O) groups excluding carboxylic acids is 2. The molecule has 0 saturated heterocycles. The van der Waals surface area contributed by atoms with Crippen molar-refractivity contribution in [1.82, 2.24) is 20.6 Å². The van der Waals surface area contributed by atoms with Crippen LogP contribution in [-0.4, -0.2) is 28.8 Å². The number of aromatic nitrogens is 2. The van der Waals surface area contributed by atoms with Crippen molar-refractivity contribution in [2.24, 2.45) is 0 Å². The van der Waals surface area contributed by atoms with E-state index in [-0.39, 0.29) is 29.2 Å². The normalized spacial score (nSPS) is 10.4. The molecule has 2 aromatic carbocycles. The summed E-state index contributed by atoms with van der Waals surface area (Å²) in [5, 5.41) is 4.97. The molecule has 0 fully saturated rings. The van der Waals surface area contributed by atoms with Crippen LogP contribution in [0, 0.1) is 11.6 Å². The fourth-order valence-corrected chi connectivity index (χ4v) is 2.60. The zero-order valence-corrected chi connectivity index (χ0v) is 15.4. The highest BCUT2D eigenvalue weighted by atomic mass is 19.1. The van der Waals surface area contributed by atoms with E-state index in [9.17, 15) is 18.4 Å². The van der Waals surface area contributed by atoms with Gasteiger partial charge in [0.2, 0.25) is 0 Å². The molecule has 148 valence electrons. The van der Waals surface area contributed by atoms with Crippen LogP contribution in [-0.2, 0) is 6.54 Å². The maximum absolute atomic E-state index is 13.7. The number of benzene rings is 2. The first-order valence-electron chi connectivity index (χ1n) is 8.56. The molecule has 0 spiro atoms. The van der Waals surface area contributed by atoms with Gasteiger partial charge in [0, 0.05) is 30.3 Å². The topological polar surface area (TPSA) is 110 Å². The number of carbonyl (C=O) groups is 2. The molecule has 0 aliphatic rings. The van der Waals surface area contributed by atoms with Crippen LogP contribution in [0.5, 0.6) is 0 Å². The molecule has 0 aliphatic heterocycles. The highest BCUT2D eigenvalue weighted by Gasteiger charge is 2.14. The molecule has 0 bridgehead atoms. The van der Waals surface area contributed by atoms with Crippen LogP contribution in [0.25, 0.3) is 11.3 Å². The fraction of sp³-hybridized carbons (Fsp3) is 0.100. The van der Waals surface area contributed by atoms with Crippen molar-refractivity contribution in [3.05, 3.63) is 77.1 Å². The third-order valence-corrected chi connectivity index (χ3v) is 4.11. The van der Waals surface area contributed by atoms with E-state index in [1.54, 1.807) is 24.3 Å². The summed E-state index contributed by atoms with van der Waals surface area (Å²) in [6.45, 7) is -0.171. The predicted molar refractivity (Wildman–Crippen MR) is 103 cm³/mol. The molecule has 3 rings (SSSR count).